The van der Waals surface area contributed by atoms with Gasteiger partial charge in [0.05, 0.1) is 22.2 Å². The molecule has 2 N–H and O–H groups in total. The Morgan fingerprint density at radius 3 is 2.33 bits per heavy atom. The summed E-state index contributed by atoms with van der Waals surface area (Å²) in [5.74, 6) is -1.17. The molecule has 0 amide bonds. The second kappa shape index (κ2) is 5.33. The number of aromatic hydroxyl groups is 1. The second-order valence-electron chi connectivity index (χ2n) is 3.72. The number of halogens is 1. The number of hydrogen-bond acceptors (Lipinski definition) is 5. The molecule has 18 heavy (non-hydrogen) atoms. The maximum absolute atomic E-state index is 11.6. The van der Waals surface area contributed by atoms with Crippen molar-refractivity contribution >= 4 is 37.1 Å². The maximum Gasteiger partial charge on any atom is 0.233 e. The third kappa shape index (κ3) is 5.11. The van der Waals surface area contributed by atoms with Gasteiger partial charge in [-0.05, 0) is 18.2 Å². The number of nitrogens with one attached hydrogen (secondary N) is 1. The van der Waals surface area contributed by atoms with Gasteiger partial charge in [0.25, 0.3) is 0 Å². The molecule has 0 aromatic heterocycles. The van der Waals surface area contributed by atoms with Crippen molar-refractivity contribution < 1.29 is 21.9 Å². The summed E-state index contributed by atoms with van der Waals surface area (Å²) in [6.07, 6.45) is 0.958. The second-order valence-corrected chi connectivity index (χ2v) is 8.23. The van der Waals surface area contributed by atoms with Crippen LogP contribution in [0.2, 0.25) is 5.02 Å². The minimum atomic E-state index is -3.77. The van der Waals surface area contributed by atoms with Crippen molar-refractivity contribution in [2.24, 2.45) is 0 Å². The molecule has 0 bridgehead atoms. The molecule has 1 rings (SSSR count). The molecule has 0 radical (unpaired) electrons. The lowest BCUT2D eigenvalue weighted by molar-refractivity contribution is 0.475. The topological polar surface area (TPSA) is 101 Å². The van der Waals surface area contributed by atoms with E-state index in [2.05, 4.69) is 4.72 Å². The zero-order valence-corrected chi connectivity index (χ0v) is 11.8. The molecule has 1 aromatic carbocycles. The van der Waals surface area contributed by atoms with Crippen molar-refractivity contribution in [2.75, 3.05) is 22.5 Å². The van der Waals surface area contributed by atoms with Gasteiger partial charge < -0.3 is 5.11 Å². The number of benzene rings is 1. The summed E-state index contributed by atoms with van der Waals surface area (Å²) >= 11 is 5.61. The van der Waals surface area contributed by atoms with Gasteiger partial charge in [-0.3, -0.25) is 4.72 Å². The lowest BCUT2D eigenvalue weighted by Gasteiger charge is -2.08. The van der Waals surface area contributed by atoms with E-state index < -0.39 is 31.4 Å². The Labute approximate surface area is 111 Å². The van der Waals surface area contributed by atoms with E-state index in [9.17, 15) is 16.8 Å². The van der Waals surface area contributed by atoms with E-state index in [0.29, 0.717) is 0 Å². The first-order valence-corrected chi connectivity index (χ1v) is 8.85. The Morgan fingerprint density at radius 1 is 1.22 bits per heavy atom. The maximum atomic E-state index is 11.6. The first kappa shape index (κ1) is 15.1. The van der Waals surface area contributed by atoms with Crippen LogP contribution in [0.3, 0.4) is 0 Å². The fourth-order valence-corrected chi connectivity index (χ4v) is 3.92. The van der Waals surface area contributed by atoms with Crippen molar-refractivity contribution in [1.82, 2.24) is 0 Å². The van der Waals surface area contributed by atoms with Gasteiger partial charge in [-0.25, -0.2) is 16.8 Å². The molecule has 0 atom stereocenters. The average molecular weight is 314 g/mol. The van der Waals surface area contributed by atoms with E-state index >= 15 is 0 Å². The molecule has 0 unspecified atom stereocenters. The number of anilines is 1. The van der Waals surface area contributed by atoms with Crippen molar-refractivity contribution in [3.63, 3.8) is 0 Å². The van der Waals surface area contributed by atoms with E-state index in [1.54, 1.807) is 0 Å². The molecule has 102 valence electrons. The molecule has 6 nitrogen and oxygen atoms in total. The van der Waals surface area contributed by atoms with Gasteiger partial charge in [0.15, 0.2) is 0 Å². The summed E-state index contributed by atoms with van der Waals surface area (Å²) in [4.78, 5) is 0. The molecule has 0 saturated carbocycles. The standard InChI is InChI=1S/C9H12ClNO5S2/c1-17(13,14)4-5-18(15,16)11-7-2-3-9(12)8(10)6-7/h2-3,6,11-12H,4-5H2,1H3. The van der Waals surface area contributed by atoms with Crippen LogP contribution in [0.4, 0.5) is 5.69 Å². The quantitative estimate of drug-likeness (QED) is 0.784. The first-order chi connectivity index (χ1) is 8.09. The van der Waals surface area contributed by atoms with E-state index in [0.717, 1.165) is 6.26 Å². The van der Waals surface area contributed by atoms with Gasteiger partial charge in [-0.1, -0.05) is 11.6 Å². The highest BCUT2D eigenvalue weighted by Gasteiger charge is 2.15. The predicted molar refractivity (Wildman–Crippen MR) is 70.2 cm³/mol. The summed E-state index contributed by atoms with van der Waals surface area (Å²) in [5, 5.41) is 9.16. The molecule has 0 aliphatic rings. The van der Waals surface area contributed by atoms with Crippen LogP contribution in [0.5, 0.6) is 5.75 Å². The number of phenols is 1. The molecule has 0 aliphatic heterocycles. The lowest BCUT2D eigenvalue weighted by Crippen LogP contribution is -2.22. The molecule has 0 heterocycles. The van der Waals surface area contributed by atoms with E-state index in [1.807, 2.05) is 0 Å². The van der Waals surface area contributed by atoms with Gasteiger partial charge in [0.1, 0.15) is 15.6 Å². The van der Waals surface area contributed by atoms with Crippen LogP contribution in [0.25, 0.3) is 0 Å². The molecule has 9 heteroatoms. The van der Waals surface area contributed by atoms with Gasteiger partial charge in [-0.2, -0.15) is 0 Å². The van der Waals surface area contributed by atoms with Gasteiger partial charge in [0, 0.05) is 6.26 Å². The van der Waals surface area contributed by atoms with E-state index in [4.69, 9.17) is 16.7 Å². The van der Waals surface area contributed by atoms with Crippen LogP contribution in [0.1, 0.15) is 0 Å². The third-order valence-corrected chi connectivity index (χ3v) is 4.74. The summed E-state index contributed by atoms with van der Waals surface area (Å²) < 4.78 is 47.1. The van der Waals surface area contributed by atoms with Gasteiger partial charge in [0.2, 0.25) is 10.0 Å². The Balaban J connectivity index is 2.80. The predicted octanol–water partition coefficient (Wildman–Crippen LogP) is 0.832. The summed E-state index contributed by atoms with van der Waals surface area (Å²) in [7, 11) is -7.12. The van der Waals surface area contributed by atoms with Gasteiger partial charge in [-0.15, -0.1) is 0 Å². The van der Waals surface area contributed by atoms with Crippen LogP contribution in [0.15, 0.2) is 18.2 Å². The molecular weight excluding hydrogens is 302 g/mol. The summed E-state index contributed by atoms with van der Waals surface area (Å²) in [5.41, 5.74) is 0.159. The Morgan fingerprint density at radius 2 is 1.83 bits per heavy atom. The van der Waals surface area contributed by atoms with Crippen molar-refractivity contribution in [3.8, 4) is 5.75 Å². The average Bonchev–Trinajstić information content (AvgIpc) is 2.20. The normalized spacial score (nSPS) is 12.3. The lowest BCUT2D eigenvalue weighted by atomic mass is 10.3. The van der Waals surface area contributed by atoms with Crippen LogP contribution in [-0.4, -0.2) is 39.7 Å². The highest BCUT2D eigenvalue weighted by Crippen LogP contribution is 2.26. The zero-order chi connectivity index (χ0) is 14.0. The third-order valence-electron chi connectivity index (χ3n) is 1.94. The van der Waals surface area contributed by atoms with Crippen LogP contribution >= 0.6 is 11.6 Å². The Hall–Kier alpha value is -0.990. The van der Waals surface area contributed by atoms with E-state index in [1.165, 1.54) is 18.2 Å². The Kier molecular flexibility index (Phi) is 4.46. The van der Waals surface area contributed by atoms with Crippen molar-refractivity contribution in [3.05, 3.63) is 23.2 Å². The molecule has 0 saturated heterocycles. The number of sulfone groups is 1. The minimum absolute atomic E-state index is 0.00156. The molecular formula is C9H12ClNO5S2. The van der Waals surface area contributed by atoms with E-state index in [-0.39, 0.29) is 16.5 Å². The van der Waals surface area contributed by atoms with Crippen molar-refractivity contribution in [2.45, 2.75) is 0 Å². The monoisotopic (exact) mass is 313 g/mol. The molecule has 0 fully saturated rings. The number of hydrogen-bond donors (Lipinski definition) is 2. The zero-order valence-electron chi connectivity index (χ0n) is 9.42. The first-order valence-electron chi connectivity index (χ1n) is 4.76. The van der Waals surface area contributed by atoms with Crippen LogP contribution in [-0.2, 0) is 19.9 Å². The highest BCUT2D eigenvalue weighted by atomic mass is 35.5. The SMILES string of the molecule is CS(=O)(=O)CCS(=O)(=O)Nc1ccc(O)c(Cl)c1. The largest absolute Gasteiger partial charge is 0.506 e. The summed E-state index contributed by atoms with van der Waals surface area (Å²) in [6, 6.07) is 3.78. The number of phenolic OH excluding ortho intramolecular Hbond substituents is 1. The van der Waals surface area contributed by atoms with Crippen LogP contribution in [0, 0.1) is 0 Å². The fourth-order valence-electron chi connectivity index (χ4n) is 1.06. The smallest absolute Gasteiger partial charge is 0.233 e. The van der Waals surface area contributed by atoms with Crippen LogP contribution < -0.4 is 4.72 Å². The minimum Gasteiger partial charge on any atom is -0.506 e. The molecule has 0 aliphatic carbocycles. The van der Waals surface area contributed by atoms with Crippen molar-refractivity contribution in [1.29, 1.82) is 0 Å². The molecule has 1 aromatic rings. The highest BCUT2D eigenvalue weighted by molar-refractivity contribution is 7.95. The summed E-state index contributed by atoms with van der Waals surface area (Å²) in [6.45, 7) is 0. The fraction of sp³-hybridized carbons (Fsp3) is 0.333. The molecule has 0 spiro atoms. The number of sulfonamides is 1. The Bertz CT molecular complexity index is 639. The number of rotatable bonds is 5. The van der Waals surface area contributed by atoms with Gasteiger partial charge >= 0.3 is 0 Å².